The van der Waals surface area contributed by atoms with E-state index in [0.29, 0.717) is 11.1 Å². The Labute approximate surface area is 353 Å². The van der Waals surface area contributed by atoms with Crippen LogP contribution < -0.4 is 0 Å². The SMILES string of the molecule is N#Cc1cc(-c2cccc(-c3cccc(-c4c5ccccc5c(-c5ccccc5)c5ccccc45)c3)c2)cc(-c2cc(C#N)cc(-n3c4ccccc4c4ccccc43)c2)c1. The molecule has 61 heavy (non-hydrogen) atoms. The number of benzene rings is 10. The van der Waals surface area contributed by atoms with E-state index >= 15 is 0 Å². The van der Waals surface area contributed by atoms with Crippen molar-refractivity contribution >= 4 is 43.4 Å². The van der Waals surface area contributed by atoms with Crippen LogP contribution in [0.3, 0.4) is 0 Å². The highest BCUT2D eigenvalue weighted by Gasteiger charge is 2.18. The lowest BCUT2D eigenvalue weighted by molar-refractivity contribution is 1.18. The highest BCUT2D eigenvalue weighted by atomic mass is 15.0. The first-order valence-corrected chi connectivity index (χ1v) is 20.4. The van der Waals surface area contributed by atoms with Crippen LogP contribution in [0.5, 0.6) is 0 Å². The molecule has 0 N–H and O–H groups in total. The molecule has 3 nitrogen and oxygen atoms in total. The fraction of sp³-hybridized carbons (Fsp3) is 0. The van der Waals surface area contributed by atoms with Crippen molar-refractivity contribution in [2.45, 2.75) is 0 Å². The summed E-state index contributed by atoms with van der Waals surface area (Å²) in [6.45, 7) is 0. The molecule has 0 atom stereocenters. The number of nitrogens with zero attached hydrogens (tertiary/aromatic N) is 3. The van der Waals surface area contributed by atoms with Gasteiger partial charge in [-0.1, -0.05) is 152 Å². The van der Waals surface area contributed by atoms with E-state index in [1.807, 2.05) is 36.4 Å². The fourth-order valence-corrected chi connectivity index (χ4v) is 9.29. The molecule has 282 valence electrons. The largest absolute Gasteiger partial charge is 0.309 e. The third-order valence-electron chi connectivity index (χ3n) is 12.0. The van der Waals surface area contributed by atoms with Crippen LogP contribution in [0.15, 0.2) is 212 Å². The van der Waals surface area contributed by atoms with Gasteiger partial charge in [-0.25, -0.2) is 0 Å². The van der Waals surface area contributed by atoms with Crippen LogP contribution in [0.2, 0.25) is 0 Å². The van der Waals surface area contributed by atoms with Crippen LogP contribution in [0.4, 0.5) is 0 Å². The molecule has 1 aromatic heterocycles. The number of aromatic nitrogens is 1. The zero-order chi connectivity index (χ0) is 40.9. The highest BCUT2D eigenvalue weighted by Crippen LogP contribution is 2.44. The van der Waals surface area contributed by atoms with E-state index in [1.165, 1.54) is 38.2 Å². The molecule has 0 amide bonds. The lowest BCUT2D eigenvalue weighted by Gasteiger charge is -2.18. The van der Waals surface area contributed by atoms with Gasteiger partial charge in [0.05, 0.1) is 34.3 Å². The van der Waals surface area contributed by atoms with Crippen LogP contribution in [0.1, 0.15) is 11.1 Å². The van der Waals surface area contributed by atoms with Gasteiger partial charge in [0.25, 0.3) is 0 Å². The Hall–Kier alpha value is -8.50. The minimum atomic E-state index is 0.551. The van der Waals surface area contributed by atoms with Crippen molar-refractivity contribution in [1.82, 2.24) is 4.57 Å². The van der Waals surface area contributed by atoms with Gasteiger partial charge in [0.15, 0.2) is 0 Å². The summed E-state index contributed by atoms with van der Waals surface area (Å²) in [5.74, 6) is 0. The molecule has 0 aliphatic carbocycles. The minimum Gasteiger partial charge on any atom is -0.309 e. The van der Waals surface area contributed by atoms with Gasteiger partial charge in [0.2, 0.25) is 0 Å². The van der Waals surface area contributed by atoms with E-state index in [0.717, 1.165) is 66.4 Å². The second-order valence-corrected chi connectivity index (χ2v) is 15.5. The summed E-state index contributed by atoms with van der Waals surface area (Å²) >= 11 is 0. The minimum absolute atomic E-state index is 0.551. The molecule has 0 aliphatic rings. The number of rotatable bonds is 6. The van der Waals surface area contributed by atoms with Crippen molar-refractivity contribution in [2.75, 3.05) is 0 Å². The molecule has 0 aliphatic heterocycles. The molecule has 10 aromatic carbocycles. The van der Waals surface area contributed by atoms with Crippen molar-refractivity contribution in [3.8, 4) is 73.5 Å². The molecule has 0 spiro atoms. The van der Waals surface area contributed by atoms with Gasteiger partial charge in [0.1, 0.15) is 0 Å². The average Bonchev–Trinajstić information content (AvgIpc) is 3.67. The van der Waals surface area contributed by atoms with E-state index in [4.69, 9.17) is 0 Å². The van der Waals surface area contributed by atoms with Gasteiger partial charge in [-0.15, -0.1) is 0 Å². The van der Waals surface area contributed by atoms with Crippen molar-refractivity contribution in [2.24, 2.45) is 0 Å². The third-order valence-corrected chi connectivity index (χ3v) is 12.0. The Kier molecular flexibility index (Phi) is 8.59. The third kappa shape index (κ3) is 6.13. The van der Waals surface area contributed by atoms with Crippen molar-refractivity contribution in [1.29, 1.82) is 10.5 Å². The van der Waals surface area contributed by atoms with Crippen molar-refractivity contribution in [3.05, 3.63) is 223 Å². The zero-order valence-electron chi connectivity index (χ0n) is 33.0. The van der Waals surface area contributed by atoms with E-state index < -0.39 is 0 Å². The monoisotopic (exact) mass is 773 g/mol. The molecule has 0 saturated carbocycles. The number of hydrogen-bond acceptors (Lipinski definition) is 2. The average molecular weight is 774 g/mol. The Morgan fingerprint density at radius 3 is 1.18 bits per heavy atom. The molecule has 0 fully saturated rings. The van der Waals surface area contributed by atoms with E-state index in [-0.39, 0.29) is 0 Å². The molecule has 0 radical (unpaired) electrons. The maximum absolute atomic E-state index is 10.3. The van der Waals surface area contributed by atoms with E-state index in [9.17, 15) is 10.5 Å². The summed E-state index contributed by atoms with van der Waals surface area (Å²) < 4.78 is 2.23. The van der Waals surface area contributed by atoms with E-state index in [2.05, 4.69) is 193 Å². The van der Waals surface area contributed by atoms with Gasteiger partial charge < -0.3 is 4.57 Å². The quantitative estimate of drug-likeness (QED) is 0.158. The Bertz CT molecular complexity index is 3510. The van der Waals surface area contributed by atoms with Gasteiger partial charge in [-0.3, -0.25) is 0 Å². The summed E-state index contributed by atoms with van der Waals surface area (Å²) in [6, 6.07) is 79.1. The Morgan fingerprint density at radius 1 is 0.279 bits per heavy atom. The molecule has 11 aromatic rings. The van der Waals surface area contributed by atoms with Crippen LogP contribution in [0, 0.1) is 22.7 Å². The van der Waals surface area contributed by atoms with Crippen LogP contribution in [0.25, 0.3) is 105 Å². The maximum Gasteiger partial charge on any atom is 0.0992 e. The molecule has 3 heteroatoms. The summed E-state index contributed by atoms with van der Waals surface area (Å²) in [7, 11) is 0. The van der Waals surface area contributed by atoms with E-state index in [1.54, 1.807) is 0 Å². The van der Waals surface area contributed by atoms with Crippen molar-refractivity contribution in [3.63, 3.8) is 0 Å². The Morgan fingerprint density at radius 2 is 0.639 bits per heavy atom. The predicted octanol–water partition coefficient (Wildman–Crippen LogP) is 15.2. The molecule has 0 bridgehead atoms. The highest BCUT2D eigenvalue weighted by molar-refractivity contribution is 6.21. The maximum atomic E-state index is 10.3. The zero-order valence-corrected chi connectivity index (χ0v) is 33.0. The number of nitriles is 2. The standard InChI is InChI=1S/C58H35N3/c59-36-38-28-45(34-46(29-38)47-30-39(37-60)31-48(35-47)61-55-26-10-8-20-49(55)50-21-9-11-27-56(50)61)43-18-12-16-41(32-43)42-17-13-19-44(33-42)58-53-24-6-4-22-51(53)57(40-14-2-1-3-15-40)52-23-5-7-25-54(52)58/h1-35H. The molecular weight excluding hydrogens is 739 g/mol. The number of fused-ring (bicyclic) bond motifs is 5. The molecule has 0 unspecified atom stereocenters. The predicted molar refractivity (Wildman–Crippen MR) is 252 cm³/mol. The smallest absolute Gasteiger partial charge is 0.0992 e. The summed E-state index contributed by atoms with van der Waals surface area (Å²) in [4.78, 5) is 0. The number of para-hydroxylation sites is 2. The topological polar surface area (TPSA) is 52.5 Å². The van der Waals surface area contributed by atoms with Crippen LogP contribution in [-0.2, 0) is 0 Å². The first-order valence-electron chi connectivity index (χ1n) is 20.4. The van der Waals surface area contributed by atoms with Crippen LogP contribution >= 0.6 is 0 Å². The Balaban J connectivity index is 1.02. The van der Waals surface area contributed by atoms with Gasteiger partial charge >= 0.3 is 0 Å². The number of hydrogen-bond donors (Lipinski definition) is 0. The molecule has 11 rings (SSSR count). The van der Waals surface area contributed by atoms with Gasteiger partial charge in [-0.05, 0) is 138 Å². The van der Waals surface area contributed by atoms with Crippen LogP contribution in [-0.4, -0.2) is 4.57 Å². The van der Waals surface area contributed by atoms with Gasteiger partial charge in [0, 0.05) is 16.5 Å². The first kappa shape index (κ1) is 35.6. The normalized spacial score (nSPS) is 11.2. The first-order chi connectivity index (χ1) is 30.1. The lowest BCUT2D eigenvalue weighted by Crippen LogP contribution is -1.96. The summed E-state index contributed by atoms with van der Waals surface area (Å²) in [6.07, 6.45) is 0. The molecular formula is C58H35N3. The molecule has 0 saturated heterocycles. The fourth-order valence-electron chi connectivity index (χ4n) is 9.29. The summed E-state index contributed by atoms with van der Waals surface area (Å²) in [5.41, 5.74) is 14.8. The second-order valence-electron chi connectivity index (χ2n) is 15.5. The van der Waals surface area contributed by atoms with Gasteiger partial charge in [-0.2, -0.15) is 10.5 Å². The second kappa shape index (κ2) is 14.7. The summed E-state index contributed by atoms with van der Waals surface area (Å²) in [5, 5.41) is 27.8. The molecule has 1 heterocycles. The lowest BCUT2D eigenvalue weighted by atomic mass is 9.85. The van der Waals surface area contributed by atoms with Crippen molar-refractivity contribution < 1.29 is 0 Å².